The van der Waals surface area contributed by atoms with Crippen molar-refractivity contribution in [2.24, 2.45) is 17.4 Å². The zero-order chi connectivity index (χ0) is 77.6. The number of aromatic nitrogens is 1. The van der Waals surface area contributed by atoms with Crippen molar-refractivity contribution in [2.75, 3.05) is 13.7 Å². The molecule has 18 atom stereocenters. The molecule has 8 heterocycles. The Hall–Kier alpha value is -11.0. The molecule has 0 aliphatic carbocycles. The number of phenolic OH excluding ortho intramolecular Hbond substituents is 3. The lowest BCUT2D eigenvalue weighted by Crippen LogP contribution is -2.64. The van der Waals surface area contributed by atoms with E-state index in [0.717, 1.165) is 42.5 Å². The van der Waals surface area contributed by atoms with Crippen LogP contribution >= 0.6 is 0 Å². The predicted octanol–water partition coefficient (Wildman–Crippen LogP) is 0.948. The number of carbonyl (C=O) groups is 8. The second-order valence-corrected chi connectivity index (χ2v) is 27.9. The number of aliphatic hydroxyl groups excluding tert-OH is 6. The van der Waals surface area contributed by atoms with E-state index in [1.807, 2.05) is 13.8 Å². The number of H-pyrrole nitrogens is 1. The van der Waals surface area contributed by atoms with Gasteiger partial charge in [-0.2, -0.15) is 0 Å². The summed E-state index contributed by atoms with van der Waals surface area (Å²) in [5, 5.41) is 134. The summed E-state index contributed by atoms with van der Waals surface area (Å²) in [6, 6.07) is 8.81. The van der Waals surface area contributed by atoms with Gasteiger partial charge in [0.25, 0.3) is 0 Å². The van der Waals surface area contributed by atoms with Crippen molar-refractivity contribution >= 4 is 58.2 Å². The predicted molar refractivity (Wildman–Crippen MR) is 377 cm³/mol. The van der Waals surface area contributed by atoms with Gasteiger partial charge in [0.15, 0.2) is 29.9 Å². The smallest absolute Gasteiger partial charge is 0.330 e. The van der Waals surface area contributed by atoms with E-state index < -0.39 is 226 Å². The second kappa shape index (κ2) is 31.1. The number of hydrogen-bond acceptors (Lipinski definition) is 25. The number of amides is 7. The first-order valence-electron chi connectivity index (χ1n) is 34.5. The van der Waals surface area contributed by atoms with Crippen molar-refractivity contribution < 1.29 is 118 Å². The summed E-state index contributed by atoms with van der Waals surface area (Å²) >= 11 is 0. The molecule has 7 amide bonds. The minimum absolute atomic E-state index is 0.0412. The lowest BCUT2D eigenvalue weighted by molar-refractivity contribution is -0.333. The van der Waals surface area contributed by atoms with E-state index in [0.29, 0.717) is 16.5 Å². The van der Waals surface area contributed by atoms with Crippen LogP contribution in [0, 0.1) is 5.92 Å². The fourth-order valence-electron chi connectivity index (χ4n) is 13.9. The topological polar surface area (TPSA) is 546 Å². The number of ether oxygens (including phenoxy) is 6. The van der Waals surface area contributed by atoms with Crippen LogP contribution in [0.25, 0.3) is 33.2 Å². The molecule has 14 rings (SSSR count). The van der Waals surface area contributed by atoms with Crippen LogP contribution in [0.1, 0.15) is 105 Å². The number of rotatable bonds is 14. The molecule has 1 aromatic heterocycles. The number of primary amides is 1. The third-order valence-electron chi connectivity index (χ3n) is 19.6. The molecule has 7 aromatic rings. The lowest BCUT2D eigenvalue weighted by Gasteiger charge is -2.47. The summed E-state index contributed by atoms with van der Waals surface area (Å²) in [5.41, 5.74) is 9.51. The number of nitrogens with two attached hydrogens (primary N) is 2. The van der Waals surface area contributed by atoms with E-state index in [1.54, 1.807) is 30.5 Å². The lowest BCUT2D eigenvalue weighted by atomic mass is 9.86. The third-order valence-corrected chi connectivity index (χ3v) is 19.6. The summed E-state index contributed by atoms with van der Waals surface area (Å²) in [4.78, 5) is 122. The monoisotopic (exact) mass is 1490 g/mol. The number of nitrogens with one attached hydrogen (secondary N) is 8. The Morgan fingerprint density at radius 3 is 2.06 bits per heavy atom. The minimum Gasteiger partial charge on any atom is -0.508 e. The van der Waals surface area contributed by atoms with Gasteiger partial charge in [-0.15, -0.1) is 0 Å². The Kier molecular flexibility index (Phi) is 22.0. The Balaban J connectivity index is 1.13. The first-order chi connectivity index (χ1) is 51.3. The Bertz CT molecular complexity index is 4650. The van der Waals surface area contributed by atoms with E-state index in [1.165, 1.54) is 63.4 Å². The van der Waals surface area contributed by atoms with Gasteiger partial charge < -0.3 is 133 Å². The van der Waals surface area contributed by atoms with Gasteiger partial charge in [0.2, 0.25) is 53.4 Å². The van der Waals surface area contributed by atoms with Gasteiger partial charge in [0, 0.05) is 52.0 Å². The highest BCUT2D eigenvalue weighted by molar-refractivity contribution is 6.00. The molecule has 7 aliphatic rings. The first kappa shape index (κ1) is 76.6. The van der Waals surface area contributed by atoms with E-state index in [9.17, 15) is 70.2 Å². The van der Waals surface area contributed by atoms with Crippen LogP contribution in [0.3, 0.4) is 0 Å². The van der Waals surface area contributed by atoms with Crippen LogP contribution in [-0.4, -0.2) is 196 Å². The molecular weight excluding hydrogens is 1410 g/mol. The number of aromatic amines is 1. The maximum absolute atomic E-state index is 16.3. The fraction of sp³-hybridized carbons (Fsp3) is 0.378. The van der Waals surface area contributed by atoms with Crippen LogP contribution in [-0.2, 0) is 52.6 Å². The Morgan fingerprint density at radius 2 is 1.37 bits per heavy atom. The number of aliphatic carboxylic acids is 1. The summed E-state index contributed by atoms with van der Waals surface area (Å²) in [5.74, 6) is -15.0. The quantitative estimate of drug-likeness (QED) is 0.0720. The van der Waals surface area contributed by atoms with E-state index >= 15 is 19.2 Å². The van der Waals surface area contributed by atoms with Crippen LogP contribution in [0.2, 0.25) is 0 Å². The van der Waals surface area contributed by atoms with Gasteiger partial charge in [-0.05, 0) is 139 Å². The number of carboxylic acid groups (broad SMARTS) is 1. The SMILES string of the molecule is CN[C@@H](CC(C)C)C(=O)N[C@@H]1C(=O)N[C@H](CC(N)=O)C(=O)N[C@@H]2C(=O)N[C@@H]3C(=O)N[C@@H](C(=O)N[C@H](C(=O)O)c4cc(O)cc(O)c4-c4cc3ccc4O)[C@@H](O)c3ccc(c(-c4ccc5[nH]ccc5c4)c3)Oc3cc2cc(c3O[C@@H]2O[C@H](CO)[C@@H](O)[C@H](O)[C@H]2O[C@H]2C[C@](C)(N)[C@H](O)[C@H](C)O2)Oc2ccc(cc2)[C@@H]1O. The van der Waals surface area contributed by atoms with Crippen molar-refractivity contribution in [1.29, 1.82) is 0 Å². The highest BCUT2D eigenvalue weighted by Gasteiger charge is 2.52. The van der Waals surface area contributed by atoms with Crippen LogP contribution < -0.4 is 62.9 Å². The highest BCUT2D eigenvalue weighted by Crippen LogP contribution is 2.50. The van der Waals surface area contributed by atoms with E-state index in [4.69, 9.17) is 39.9 Å². The van der Waals surface area contributed by atoms with Crippen molar-refractivity contribution in [3.8, 4) is 68.2 Å². The summed E-state index contributed by atoms with van der Waals surface area (Å²) < 4.78 is 39.4. The molecule has 0 saturated carbocycles. The van der Waals surface area contributed by atoms with Gasteiger partial charge in [0.05, 0.1) is 31.3 Å². The van der Waals surface area contributed by atoms with Gasteiger partial charge in [-0.25, -0.2) is 4.79 Å². The average molecular weight is 1500 g/mol. The molecule has 0 radical (unpaired) electrons. The van der Waals surface area contributed by atoms with Crippen molar-refractivity contribution in [2.45, 2.75) is 156 Å². The maximum atomic E-state index is 16.3. The van der Waals surface area contributed by atoms with Gasteiger partial charge in [-0.1, -0.05) is 44.2 Å². The molecule has 34 heteroatoms. The number of likely N-dealkylation sites (N-methyl/N-ethyl adjacent to an activating group) is 1. The van der Waals surface area contributed by atoms with Gasteiger partial charge in [-0.3, -0.25) is 33.6 Å². The molecule has 2 saturated heterocycles. The number of phenols is 3. The number of hydrogen-bond donors (Lipinski definition) is 20. The van der Waals surface area contributed by atoms with E-state index in [2.05, 4.69) is 42.2 Å². The van der Waals surface area contributed by atoms with Crippen LogP contribution in [0.15, 0.2) is 115 Å². The van der Waals surface area contributed by atoms with Gasteiger partial charge in [0.1, 0.15) is 89.5 Å². The fourth-order valence-corrected chi connectivity index (χ4v) is 13.9. The molecule has 6 aromatic carbocycles. The normalized spacial score (nSPS) is 28.3. The maximum Gasteiger partial charge on any atom is 0.330 e. The molecule has 7 aliphatic heterocycles. The molecule has 108 heavy (non-hydrogen) atoms. The summed E-state index contributed by atoms with van der Waals surface area (Å²) in [7, 11) is 1.49. The van der Waals surface area contributed by atoms with Crippen molar-refractivity contribution in [3.63, 3.8) is 0 Å². The van der Waals surface area contributed by atoms with Crippen LogP contribution in [0.5, 0.6) is 46.0 Å². The van der Waals surface area contributed by atoms with Crippen LogP contribution in [0.4, 0.5) is 0 Å². The van der Waals surface area contributed by atoms with Crippen molar-refractivity contribution in [1.82, 2.24) is 42.2 Å². The molecule has 34 nitrogen and oxygen atoms in total. The number of benzene rings is 6. The van der Waals surface area contributed by atoms with E-state index in [-0.39, 0.29) is 52.5 Å². The number of carbonyl (C=O) groups excluding carboxylic acids is 7. The zero-order valence-electron chi connectivity index (χ0n) is 58.5. The van der Waals surface area contributed by atoms with Crippen molar-refractivity contribution in [3.05, 3.63) is 143 Å². The highest BCUT2D eigenvalue weighted by atomic mass is 16.8. The number of aliphatic hydroxyl groups is 6. The third kappa shape index (κ3) is 15.7. The van der Waals surface area contributed by atoms with Gasteiger partial charge >= 0.3 is 5.97 Å². The zero-order valence-corrected chi connectivity index (χ0v) is 58.5. The number of fused-ring (bicyclic) bond motifs is 16. The molecular formula is C74H82N10O24. The molecule has 0 spiro atoms. The molecule has 0 unspecified atom stereocenters. The Labute approximate surface area is 614 Å². The summed E-state index contributed by atoms with van der Waals surface area (Å²) in [6.45, 7) is 5.76. The first-order valence-corrected chi connectivity index (χ1v) is 34.5. The summed E-state index contributed by atoms with van der Waals surface area (Å²) in [6.07, 6.45) is -16.6. The molecule has 572 valence electrons. The average Bonchev–Trinajstić information content (AvgIpc) is 0.779. The number of carboxylic acids is 1. The molecule has 2 fully saturated rings. The Morgan fingerprint density at radius 1 is 0.694 bits per heavy atom. The minimum atomic E-state index is -2.32. The number of aromatic hydroxyl groups is 3. The molecule has 11 bridgehead atoms. The second-order valence-electron chi connectivity index (χ2n) is 27.9. The standard InChI is InChI=1S/C74H82N10O24/c1-29(2)18-43(77-5)66(95)83-57-59(90)31-6-11-38(12-7-31)104-48-22-36-23-49(63(48)108-73-64(62(93)61(92)50(28-85)106-73)107-52-27-74(4,76)65(94)30(3)103-52)105-47-15-10-35(21-39(47)32-8-13-42-33(19-32)16-17-78-42)60(91)58-71(100)82-56(72(101)102)41-24-37(86)25-46(88)53(41)40-20-34(9-14-45(40)87)54(68(97)84-58)81-69(98)55(36)80-67(96)44(26-51(75)89)79-70(57)99/h6-17,19-25,29-30,43-44,50,52,54-62,64-65,73,77-78,85-88,90-94H,18,26-28,76H2,1-5H3,(H2,75,89)(H,79,99)(H,80,96)(H,81,98)(H,82,100)(H,83,95)(H,84,97)(H,101,102)/t30-,43-,44+,50+,52-,54-,55-,56-,57-,58+,59-,60-,61+,62-,64+,65+,73-,74-/m0/s1. The largest absolute Gasteiger partial charge is 0.508 e. The molecule has 22 N–H and O–H groups in total.